The van der Waals surface area contributed by atoms with Crippen LogP contribution in [-0.4, -0.2) is 38.9 Å². The Morgan fingerprint density at radius 2 is 2.09 bits per heavy atom. The second-order valence-corrected chi connectivity index (χ2v) is 6.05. The Labute approximate surface area is 143 Å². The minimum atomic E-state index is -0.156. The summed E-state index contributed by atoms with van der Waals surface area (Å²) in [5.41, 5.74) is 2.53. The summed E-state index contributed by atoms with van der Waals surface area (Å²) < 4.78 is 4.62. The fraction of sp³-hybridized carbons (Fsp3) is 0.529. The van der Waals surface area contributed by atoms with Gasteiger partial charge in [0.05, 0.1) is 7.11 Å². The summed E-state index contributed by atoms with van der Waals surface area (Å²) in [5, 5.41) is 6.58. The number of benzene rings is 1. The molecule has 0 aliphatic heterocycles. The van der Waals surface area contributed by atoms with Gasteiger partial charge < -0.3 is 15.4 Å². The molecule has 0 heterocycles. The molecule has 0 unspecified atom stereocenters. The highest BCUT2D eigenvalue weighted by atomic mass is 32.2. The van der Waals surface area contributed by atoms with Crippen LogP contribution in [0.4, 0.5) is 0 Å². The van der Waals surface area contributed by atoms with Gasteiger partial charge in [-0.15, -0.1) is 11.8 Å². The number of guanidine groups is 1. The number of thioether (sulfide) groups is 1. The maximum Gasteiger partial charge on any atom is 0.305 e. The molecule has 0 fully saturated rings. The van der Waals surface area contributed by atoms with Crippen LogP contribution >= 0.6 is 11.8 Å². The third kappa shape index (κ3) is 7.41. The average Bonchev–Trinajstić information content (AvgIpc) is 2.57. The summed E-state index contributed by atoms with van der Waals surface area (Å²) in [4.78, 5) is 16.5. The van der Waals surface area contributed by atoms with Crippen LogP contribution in [0.3, 0.4) is 0 Å². The molecule has 2 N–H and O–H groups in total. The summed E-state index contributed by atoms with van der Waals surface area (Å²) in [5.74, 6) is 0.618. The number of nitrogens with zero attached hydrogens (tertiary/aromatic N) is 1. The van der Waals surface area contributed by atoms with E-state index in [1.807, 2.05) is 0 Å². The maximum absolute atomic E-state index is 11.0. The van der Waals surface area contributed by atoms with Gasteiger partial charge in [-0.05, 0) is 43.2 Å². The molecule has 1 rings (SSSR count). The number of carbonyl (C=O) groups is 1. The van der Waals surface area contributed by atoms with Crippen molar-refractivity contribution < 1.29 is 9.53 Å². The van der Waals surface area contributed by atoms with Crippen molar-refractivity contribution in [3.8, 4) is 0 Å². The number of esters is 1. The van der Waals surface area contributed by atoms with Gasteiger partial charge in [-0.25, -0.2) is 0 Å². The van der Waals surface area contributed by atoms with Gasteiger partial charge in [0.2, 0.25) is 0 Å². The van der Waals surface area contributed by atoms with Crippen molar-refractivity contribution in [1.82, 2.24) is 10.6 Å². The lowest BCUT2D eigenvalue weighted by Crippen LogP contribution is -2.37. The van der Waals surface area contributed by atoms with E-state index < -0.39 is 0 Å². The third-order valence-electron chi connectivity index (χ3n) is 3.44. The predicted octanol–water partition coefficient (Wildman–Crippen LogP) is 2.73. The van der Waals surface area contributed by atoms with E-state index in [0.717, 1.165) is 31.9 Å². The van der Waals surface area contributed by atoms with Gasteiger partial charge in [0, 0.05) is 31.5 Å². The monoisotopic (exact) mass is 337 g/mol. The molecule has 1 aromatic rings. The highest BCUT2D eigenvalue weighted by molar-refractivity contribution is 7.98. The number of methoxy groups -OCH3 is 1. The molecular formula is C17H27N3O2S. The standard InChI is InChI=1S/C17H27N3O2S/c1-13-8-9-14(15(11-13)23-4)12-20-17(18-2)19-10-6-5-7-16(21)22-3/h8-9,11H,5-7,10,12H2,1-4H3,(H2,18,19,20). The highest BCUT2D eigenvalue weighted by Crippen LogP contribution is 2.21. The van der Waals surface area contributed by atoms with E-state index in [0.29, 0.717) is 6.42 Å². The molecule has 23 heavy (non-hydrogen) atoms. The average molecular weight is 337 g/mol. The SMILES string of the molecule is CN=C(NCCCCC(=O)OC)NCc1ccc(C)cc1SC. The number of nitrogens with one attached hydrogen (secondary N) is 2. The number of aliphatic imine (C=N–C) groups is 1. The van der Waals surface area contributed by atoms with E-state index in [4.69, 9.17) is 0 Å². The lowest BCUT2D eigenvalue weighted by molar-refractivity contribution is -0.140. The van der Waals surface area contributed by atoms with Gasteiger partial charge in [0.1, 0.15) is 0 Å². The minimum absolute atomic E-state index is 0.156. The fourth-order valence-electron chi connectivity index (χ4n) is 2.10. The number of unbranched alkanes of at least 4 members (excludes halogenated alkanes) is 1. The number of hydrogen-bond donors (Lipinski definition) is 2. The Hall–Kier alpha value is -1.69. The second-order valence-electron chi connectivity index (χ2n) is 5.20. The zero-order chi connectivity index (χ0) is 17.1. The molecule has 0 aliphatic carbocycles. The highest BCUT2D eigenvalue weighted by Gasteiger charge is 2.04. The van der Waals surface area contributed by atoms with Crippen molar-refractivity contribution in [3.05, 3.63) is 29.3 Å². The van der Waals surface area contributed by atoms with Gasteiger partial charge in [0.25, 0.3) is 0 Å². The molecule has 0 aliphatic rings. The summed E-state index contributed by atoms with van der Waals surface area (Å²) in [6.45, 7) is 3.62. The van der Waals surface area contributed by atoms with Gasteiger partial charge in [-0.3, -0.25) is 9.79 Å². The molecule has 0 amide bonds. The zero-order valence-electron chi connectivity index (χ0n) is 14.4. The second kappa shape index (κ2) is 10.9. The summed E-state index contributed by atoms with van der Waals surface area (Å²) in [7, 11) is 3.18. The van der Waals surface area contributed by atoms with Crippen molar-refractivity contribution >= 4 is 23.7 Å². The first-order chi connectivity index (χ1) is 11.1. The molecule has 0 saturated heterocycles. The van der Waals surface area contributed by atoms with Crippen LogP contribution in [0.25, 0.3) is 0 Å². The van der Waals surface area contributed by atoms with E-state index in [-0.39, 0.29) is 5.97 Å². The van der Waals surface area contributed by atoms with Crippen LogP contribution in [0, 0.1) is 6.92 Å². The summed E-state index contributed by atoms with van der Waals surface area (Å²) >= 11 is 1.75. The molecule has 0 radical (unpaired) electrons. The summed E-state index contributed by atoms with van der Waals surface area (Å²) in [6, 6.07) is 6.47. The van der Waals surface area contributed by atoms with Crippen LogP contribution in [0.1, 0.15) is 30.4 Å². The van der Waals surface area contributed by atoms with Crippen LogP contribution in [0.5, 0.6) is 0 Å². The lowest BCUT2D eigenvalue weighted by Gasteiger charge is -2.14. The minimum Gasteiger partial charge on any atom is -0.469 e. The summed E-state index contributed by atoms with van der Waals surface area (Å²) in [6.07, 6.45) is 4.26. The van der Waals surface area contributed by atoms with Crippen molar-refractivity contribution in [1.29, 1.82) is 0 Å². The van der Waals surface area contributed by atoms with Crippen molar-refractivity contribution in [3.63, 3.8) is 0 Å². The first kappa shape index (κ1) is 19.4. The Morgan fingerprint density at radius 1 is 1.30 bits per heavy atom. The van der Waals surface area contributed by atoms with Crippen LogP contribution in [0.2, 0.25) is 0 Å². The number of aryl methyl sites for hydroxylation is 1. The van der Waals surface area contributed by atoms with Gasteiger partial charge in [0.15, 0.2) is 5.96 Å². The van der Waals surface area contributed by atoms with Crippen molar-refractivity contribution in [2.75, 3.05) is 27.0 Å². The molecule has 5 nitrogen and oxygen atoms in total. The molecule has 0 bridgehead atoms. The first-order valence-electron chi connectivity index (χ1n) is 7.75. The molecular weight excluding hydrogens is 310 g/mol. The Morgan fingerprint density at radius 3 is 2.74 bits per heavy atom. The van der Waals surface area contributed by atoms with E-state index in [9.17, 15) is 4.79 Å². The van der Waals surface area contributed by atoms with E-state index in [1.54, 1.807) is 18.8 Å². The maximum atomic E-state index is 11.0. The fourth-order valence-corrected chi connectivity index (χ4v) is 2.81. The predicted molar refractivity (Wildman–Crippen MR) is 97.0 cm³/mol. The van der Waals surface area contributed by atoms with Gasteiger partial charge in [-0.1, -0.05) is 12.1 Å². The molecule has 0 aromatic heterocycles. The molecule has 1 aromatic carbocycles. The Balaban J connectivity index is 2.36. The Kier molecular flexibility index (Phi) is 9.21. The molecule has 0 spiro atoms. The number of rotatable bonds is 8. The molecule has 6 heteroatoms. The topological polar surface area (TPSA) is 62.7 Å². The normalized spacial score (nSPS) is 11.2. The van der Waals surface area contributed by atoms with Crippen molar-refractivity contribution in [2.24, 2.45) is 4.99 Å². The van der Waals surface area contributed by atoms with Crippen LogP contribution in [-0.2, 0) is 16.1 Å². The molecule has 128 valence electrons. The van der Waals surface area contributed by atoms with Gasteiger partial charge >= 0.3 is 5.97 Å². The Bertz CT molecular complexity index is 533. The largest absolute Gasteiger partial charge is 0.469 e. The van der Waals surface area contributed by atoms with E-state index in [2.05, 4.69) is 51.7 Å². The third-order valence-corrected chi connectivity index (χ3v) is 4.26. The smallest absolute Gasteiger partial charge is 0.305 e. The zero-order valence-corrected chi connectivity index (χ0v) is 15.3. The molecule has 0 atom stereocenters. The van der Waals surface area contributed by atoms with Gasteiger partial charge in [-0.2, -0.15) is 0 Å². The number of carbonyl (C=O) groups excluding carboxylic acids is 1. The number of ether oxygens (including phenoxy) is 1. The van der Waals surface area contributed by atoms with Crippen LogP contribution < -0.4 is 10.6 Å². The molecule has 0 saturated carbocycles. The van der Waals surface area contributed by atoms with E-state index >= 15 is 0 Å². The lowest BCUT2D eigenvalue weighted by atomic mass is 10.1. The van der Waals surface area contributed by atoms with Crippen molar-refractivity contribution in [2.45, 2.75) is 37.6 Å². The van der Waals surface area contributed by atoms with E-state index in [1.165, 1.54) is 23.1 Å². The number of hydrogen-bond acceptors (Lipinski definition) is 4. The first-order valence-corrected chi connectivity index (χ1v) is 8.98. The van der Waals surface area contributed by atoms with Crippen LogP contribution in [0.15, 0.2) is 28.1 Å². The quantitative estimate of drug-likeness (QED) is 0.251.